The summed E-state index contributed by atoms with van der Waals surface area (Å²) in [5.74, 6) is 1.71. The molecular formula is C25H24N4O. The van der Waals surface area contributed by atoms with Crippen molar-refractivity contribution in [2.45, 2.75) is 26.3 Å². The number of aromatic nitrogens is 3. The molecule has 5 aromatic rings. The van der Waals surface area contributed by atoms with E-state index in [2.05, 4.69) is 66.2 Å². The summed E-state index contributed by atoms with van der Waals surface area (Å²) in [4.78, 5) is 6.85. The van der Waals surface area contributed by atoms with Crippen molar-refractivity contribution in [3.8, 4) is 11.5 Å². The Morgan fingerprint density at radius 1 is 0.967 bits per heavy atom. The molecule has 5 heteroatoms. The summed E-state index contributed by atoms with van der Waals surface area (Å²) in [7, 11) is 0. The van der Waals surface area contributed by atoms with Crippen LogP contribution in [-0.2, 0) is 6.42 Å². The average Bonchev–Trinajstić information content (AvgIpc) is 3.38. The third kappa shape index (κ3) is 3.43. The minimum Gasteiger partial charge on any atom is -0.454 e. The Balaban J connectivity index is 1.50. The lowest BCUT2D eigenvalue weighted by Crippen LogP contribution is -2.33. The predicted molar refractivity (Wildman–Crippen MR) is 121 cm³/mol. The summed E-state index contributed by atoms with van der Waals surface area (Å²) in [6.45, 7) is 5.30. The molecule has 30 heavy (non-hydrogen) atoms. The monoisotopic (exact) mass is 396 g/mol. The van der Waals surface area contributed by atoms with Gasteiger partial charge in [-0.2, -0.15) is 0 Å². The van der Waals surface area contributed by atoms with Gasteiger partial charge >= 0.3 is 0 Å². The van der Waals surface area contributed by atoms with E-state index in [1.807, 2.05) is 41.0 Å². The van der Waals surface area contributed by atoms with Crippen molar-refractivity contribution in [3.05, 3.63) is 84.6 Å². The fraction of sp³-hybridized carbons (Fsp3) is 0.200. The van der Waals surface area contributed by atoms with E-state index in [9.17, 15) is 0 Å². The van der Waals surface area contributed by atoms with Gasteiger partial charge in [-0.15, -0.1) is 5.10 Å². The Hall–Kier alpha value is -3.60. The molecule has 0 bridgehead atoms. The molecule has 3 heterocycles. The molecule has 0 radical (unpaired) electrons. The summed E-state index contributed by atoms with van der Waals surface area (Å²) in [5, 5.41) is 6.01. The van der Waals surface area contributed by atoms with Crippen LogP contribution in [0.25, 0.3) is 28.1 Å². The summed E-state index contributed by atoms with van der Waals surface area (Å²) in [5.41, 5.74) is 3.86. The molecule has 150 valence electrons. The third-order valence-electron chi connectivity index (χ3n) is 5.43. The molecule has 0 aliphatic heterocycles. The summed E-state index contributed by atoms with van der Waals surface area (Å²) in [6, 6.07) is 25.0. The van der Waals surface area contributed by atoms with Gasteiger partial charge in [-0.05, 0) is 50.1 Å². The fourth-order valence-corrected chi connectivity index (χ4v) is 3.82. The van der Waals surface area contributed by atoms with Gasteiger partial charge in [-0.25, -0.2) is 9.50 Å². The number of benzene rings is 2. The van der Waals surface area contributed by atoms with Crippen LogP contribution in [0.5, 0.6) is 0 Å². The number of imidazole rings is 1. The van der Waals surface area contributed by atoms with Gasteiger partial charge < -0.3 is 9.32 Å². The number of hydrogen-bond acceptors (Lipinski definition) is 4. The largest absolute Gasteiger partial charge is 0.454 e. The lowest BCUT2D eigenvalue weighted by Gasteiger charge is -2.28. The van der Waals surface area contributed by atoms with Gasteiger partial charge in [0.25, 0.3) is 0 Å². The Morgan fingerprint density at radius 3 is 2.57 bits per heavy atom. The highest BCUT2D eigenvalue weighted by atomic mass is 16.3. The number of para-hydroxylation sites is 1. The average molecular weight is 396 g/mol. The SMILES string of the molecule is CC(C)N(CCc1ccccc1)c1ccc2ncc(-c3cc4ccccc4o3)n2n1. The maximum Gasteiger partial charge on any atom is 0.155 e. The predicted octanol–water partition coefficient (Wildman–Crippen LogP) is 5.60. The molecule has 0 atom stereocenters. The van der Waals surface area contributed by atoms with Gasteiger partial charge in [0.15, 0.2) is 11.4 Å². The zero-order valence-corrected chi connectivity index (χ0v) is 17.2. The normalized spacial score (nSPS) is 11.6. The summed E-state index contributed by atoms with van der Waals surface area (Å²) >= 11 is 0. The first-order chi connectivity index (χ1) is 14.7. The highest BCUT2D eigenvalue weighted by Crippen LogP contribution is 2.28. The molecule has 2 aromatic carbocycles. The summed E-state index contributed by atoms with van der Waals surface area (Å²) in [6.07, 6.45) is 2.80. The summed E-state index contributed by atoms with van der Waals surface area (Å²) < 4.78 is 7.94. The van der Waals surface area contributed by atoms with Crippen LogP contribution in [0.3, 0.4) is 0 Å². The zero-order valence-electron chi connectivity index (χ0n) is 17.2. The van der Waals surface area contributed by atoms with Crippen molar-refractivity contribution in [2.75, 3.05) is 11.4 Å². The quantitative estimate of drug-likeness (QED) is 0.375. The first kappa shape index (κ1) is 18.4. The van der Waals surface area contributed by atoms with Crippen LogP contribution in [0.4, 0.5) is 5.82 Å². The van der Waals surface area contributed by atoms with Crippen molar-refractivity contribution in [2.24, 2.45) is 0 Å². The van der Waals surface area contributed by atoms with E-state index in [-0.39, 0.29) is 0 Å². The number of anilines is 1. The number of rotatable bonds is 6. The Bertz CT molecular complexity index is 1250. The zero-order chi connectivity index (χ0) is 20.5. The van der Waals surface area contributed by atoms with E-state index < -0.39 is 0 Å². The van der Waals surface area contributed by atoms with Gasteiger partial charge in [-0.1, -0.05) is 48.5 Å². The molecule has 5 rings (SSSR count). The van der Waals surface area contributed by atoms with Gasteiger partial charge in [-0.3, -0.25) is 0 Å². The minimum absolute atomic E-state index is 0.330. The first-order valence-electron chi connectivity index (χ1n) is 10.3. The Morgan fingerprint density at radius 2 is 1.77 bits per heavy atom. The van der Waals surface area contributed by atoms with Crippen molar-refractivity contribution in [1.29, 1.82) is 0 Å². The molecule has 5 nitrogen and oxygen atoms in total. The molecule has 0 saturated carbocycles. The van der Waals surface area contributed by atoms with Crippen molar-refractivity contribution < 1.29 is 4.42 Å². The van der Waals surface area contributed by atoms with Crippen molar-refractivity contribution in [3.63, 3.8) is 0 Å². The number of fused-ring (bicyclic) bond motifs is 2. The molecule has 0 saturated heterocycles. The van der Waals surface area contributed by atoms with E-state index in [1.54, 1.807) is 0 Å². The van der Waals surface area contributed by atoms with E-state index in [1.165, 1.54) is 5.56 Å². The molecule has 0 unspecified atom stereocenters. The topological polar surface area (TPSA) is 46.6 Å². The van der Waals surface area contributed by atoms with Crippen LogP contribution in [0, 0.1) is 0 Å². The molecule has 0 aliphatic carbocycles. The molecule has 3 aromatic heterocycles. The lowest BCUT2D eigenvalue weighted by atomic mass is 10.1. The van der Waals surface area contributed by atoms with Gasteiger partial charge in [0.1, 0.15) is 17.1 Å². The van der Waals surface area contributed by atoms with Gasteiger partial charge in [0.05, 0.1) is 6.20 Å². The Labute approximate surface area is 175 Å². The van der Waals surface area contributed by atoms with Crippen molar-refractivity contribution in [1.82, 2.24) is 14.6 Å². The number of hydrogen-bond donors (Lipinski definition) is 0. The highest BCUT2D eigenvalue weighted by Gasteiger charge is 2.16. The van der Waals surface area contributed by atoms with Crippen LogP contribution in [-0.4, -0.2) is 27.2 Å². The second kappa shape index (κ2) is 7.67. The smallest absolute Gasteiger partial charge is 0.155 e. The van der Waals surface area contributed by atoms with E-state index >= 15 is 0 Å². The lowest BCUT2D eigenvalue weighted by molar-refractivity contribution is 0.624. The van der Waals surface area contributed by atoms with Crippen LogP contribution in [0.1, 0.15) is 19.4 Å². The van der Waals surface area contributed by atoms with Crippen molar-refractivity contribution >= 4 is 22.4 Å². The van der Waals surface area contributed by atoms with E-state index in [4.69, 9.17) is 9.52 Å². The maximum absolute atomic E-state index is 6.06. The molecular weight excluding hydrogens is 372 g/mol. The molecule has 0 fully saturated rings. The molecule has 0 spiro atoms. The van der Waals surface area contributed by atoms with Crippen LogP contribution in [0.2, 0.25) is 0 Å². The highest BCUT2D eigenvalue weighted by molar-refractivity contribution is 5.82. The fourth-order valence-electron chi connectivity index (χ4n) is 3.82. The number of furan rings is 1. The Kier molecular flexibility index (Phi) is 4.71. The number of nitrogens with zero attached hydrogens (tertiary/aromatic N) is 4. The minimum atomic E-state index is 0.330. The third-order valence-corrected chi connectivity index (χ3v) is 5.43. The van der Waals surface area contributed by atoms with Crippen LogP contribution < -0.4 is 4.90 Å². The van der Waals surface area contributed by atoms with E-state index in [0.717, 1.165) is 46.9 Å². The van der Waals surface area contributed by atoms with Crippen LogP contribution >= 0.6 is 0 Å². The maximum atomic E-state index is 6.06. The second-order valence-corrected chi connectivity index (χ2v) is 7.78. The first-order valence-corrected chi connectivity index (χ1v) is 10.3. The molecule has 0 N–H and O–H groups in total. The second-order valence-electron chi connectivity index (χ2n) is 7.78. The molecule has 0 aliphatic rings. The standard InChI is InChI=1S/C25H24N4O/c1-18(2)28(15-14-19-8-4-3-5-9-19)25-13-12-24-26-17-21(29(24)27-25)23-16-20-10-6-7-11-22(20)30-23/h3-13,16-18H,14-15H2,1-2H3. The molecule has 0 amide bonds. The van der Waals surface area contributed by atoms with Crippen LogP contribution in [0.15, 0.2) is 83.4 Å². The van der Waals surface area contributed by atoms with Gasteiger partial charge in [0.2, 0.25) is 0 Å². The van der Waals surface area contributed by atoms with Gasteiger partial charge in [0, 0.05) is 18.0 Å². The van der Waals surface area contributed by atoms with E-state index in [0.29, 0.717) is 6.04 Å².